The Kier molecular flexibility index (Phi) is 3.95. The number of Topliss-reactive ketones (excluding diaryl/α,β-unsaturated/α-hetero) is 1. The molecule has 0 radical (unpaired) electrons. The molecular formula is C14H19NO4. The number of furan rings is 1. The fraction of sp³-hybridized carbons (Fsp3) is 0.500. The molecule has 1 aliphatic rings. The minimum Gasteiger partial charge on any atom is -0.493 e. The highest BCUT2D eigenvalue weighted by atomic mass is 16.5. The van der Waals surface area contributed by atoms with Crippen molar-refractivity contribution >= 4 is 5.78 Å². The Morgan fingerprint density at radius 1 is 1.47 bits per heavy atom. The molecule has 2 N–H and O–H groups in total. The van der Waals surface area contributed by atoms with Crippen molar-refractivity contribution < 1.29 is 19.1 Å². The summed E-state index contributed by atoms with van der Waals surface area (Å²) in [6.07, 6.45) is -0.363. The molecule has 2 atom stereocenters. The molecule has 0 bridgehead atoms. The van der Waals surface area contributed by atoms with Gasteiger partial charge in [-0.25, -0.2) is 0 Å². The van der Waals surface area contributed by atoms with Crippen LogP contribution in [-0.2, 0) is 9.53 Å². The molecule has 1 aliphatic carbocycles. The van der Waals surface area contributed by atoms with Crippen LogP contribution in [0.4, 0.5) is 0 Å². The summed E-state index contributed by atoms with van der Waals surface area (Å²) in [4.78, 5) is 11.7. The first kappa shape index (κ1) is 13.7. The van der Waals surface area contributed by atoms with E-state index in [0.717, 1.165) is 17.9 Å². The summed E-state index contributed by atoms with van der Waals surface area (Å²) in [6, 6.07) is 3.67. The van der Waals surface area contributed by atoms with E-state index in [4.69, 9.17) is 9.15 Å². The molecule has 104 valence electrons. The first-order valence-corrected chi connectivity index (χ1v) is 6.50. The van der Waals surface area contributed by atoms with Crippen molar-refractivity contribution in [3.8, 4) is 0 Å². The van der Waals surface area contributed by atoms with Gasteiger partial charge in [0.2, 0.25) is 5.78 Å². The normalized spacial score (nSPS) is 20.2. The highest BCUT2D eigenvalue weighted by Gasteiger charge is 2.40. The van der Waals surface area contributed by atoms with Crippen molar-refractivity contribution in [2.45, 2.75) is 39.3 Å². The summed E-state index contributed by atoms with van der Waals surface area (Å²) in [7, 11) is 0. The summed E-state index contributed by atoms with van der Waals surface area (Å²) in [5.41, 5.74) is 0.357. The third-order valence-electron chi connectivity index (χ3n) is 3.12. The third-order valence-corrected chi connectivity index (χ3v) is 3.12. The van der Waals surface area contributed by atoms with Crippen molar-refractivity contribution in [3.05, 3.63) is 35.1 Å². The monoisotopic (exact) mass is 265 g/mol. The third kappa shape index (κ3) is 2.51. The summed E-state index contributed by atoms with van der Waals surface area (Å²) < 4.78 is 10.8. The predicted molar refractivity (Wildman–Crippen MR) is 69.3 cm³/mol. The van der Waals surface area contributed by atoms with Crippen molar-refractivity contribution in [1.29, 1.82) is 0 Å². The second kappa shape index (κ2) is 5.48. The van der Waals surface area contributed by atoms with Gasteiger partial charge in [-0.1, -0.05) is 6.92 Å². The van der Waals surface area contributed by atoms with Crippen LogP contribution in [0.25, 0.3) is 0 Å². The van der Waals surface area contributed by atoms with Crippen LogP contribution in [0.1, 0.15) is 37.8 Å². The Labute approximate surface area is 112 Å². The Morgan fingerprint density at radius 3 is 2.74 bits per heavy atom. The fourth-order valence-corrected chi connectivity index (χ4v) is 2.07. The topological polar surface area (TPSA) is 71.7 Å². The van der Waals surface area contributed by atoms with Gasteiger partial charge in [-0.05, 0) is 32.4 Å². The zero-order chi connectivity index (χ0) is 14.0. The number of carbonyl (C=O) groups is 1. The first-order valence-electron chi connectivity index (χ1n) is 6.50. The molecule has 0 spiro atoms. The number of hydrogen-bond acceptors (Lipinski definition) is 5. The van der Waals surface area contributed by atoms with E-state index in [9.17, 15) is 9.90 Å². The van der Waals surface area contributed by atoms with Gasteiger partial charge in [-0.3, -0.25) is 4.79 Å². The molecule has 0 aromatic carbocycles. The Morgan fingerprint density at radius 2 is 2.21 bits per heavy atom. The van der Waals surface area contributed by atoms with Crippen LogP contribution in [0.2, 0.25) is 0 Å². The van der Waals surface area contributed by atoms with Crippen LogP contribution in [0.3, 0.4) is 0 Å². The Balaban J connectivity index is 2.16. The van der Waals surface area contributed by atoms with Gasteiger partial charge < -0.3 is 19.6 Å². The van der Waals surface area contributed by atoms with Crippen LogP contribution in [0.5, 0.6) is 0 Å². The molecule has 5 nitrogen and oxygen atoms in total. The van der Waals surface area contributed by atoms with Crippen molar-refractivity contribution in [3.63, 3.8) is 0 Å². The van der Waals surface area contributed by atoms with Crippen molar-refractivity contribution in [1.82, 2.24) is 5.32 Å². The van der Waals surface area contributed by atoms with Gasteiger partial charge in [0, 0.05) is 0 Å². The quantitative estimate of drug-likeness (QED) is 0.821. The number of ketones is 1. The zero-order valence-corrected chi connectivity index (χ0v) is 11.4. The number of hydrogen-bond donors (Lipinski definition) is 2. The maximum Gasteiger partial charge on any atom is 0.218 e. The van der Waals surface area contributed by atoms with Crippen LogP contribution in [0.15, 0.2) is 28.0 Å². The molecule has 19 heavy (non-hydrogen) atoms. The van der Waals surface area contributed by atoms with Gasteiger partial charge in [-0.2, -0.15) is 0 Å². The van der Waals surface area contributed by atoms with Gasteiger partial charge >= 0.3 is 0 Å². The van der Waals surface area contributed by atoms with Gasteiger partial charge in [0.05, 0.1) is 12.6 Å². The van der Waals surface area contributed by atoms with Crippen molar-refractivity contribution in [2.24, 2.45) is 0 Å². The number of rotatable bonds is 6. The molecule has 1 aromatic rings. The van der Waals surface area contributed by atoms with Gasteiger partial charge in [0.15, 0.2) is 11.9 Å². The van der Waals surface area contributed by atoms with Gasteiger partial charge in [0.25, 0.3) is 0 Å². The molecular weight excluding hydrogens is 246 g/mol. The zero-order valence-electron chi connectivity index (χ0n) is 11.4. The number of aliphatic hydroxyl groups excluding tert-OH is 1. The summed E-state index contributed by atoms with van der Waals surface area (Å²) in [5, 5.41) is 12.6. The Hall–Kier alpha value is -1.75. The van der Waals surface area contributed by atoms with E-state index in [2.05, 4.69) is 5.32 Å². The van der Waals surface area contributed by atoms with Crippen LogP contribution in [-0.4, -0.2) is 23.6 Å². The molecule has 1 unspecified atom stereocenters. The number of aryl methyl sites for hydroxylation is 1. The van der Waals surface area contributed by atoms with Crippen LogP contribution in [0, 0.1) is 6.92 Å². The smallest absolute Gasteiger partial charge is 0.218 e. The lowest BCUT2D eigenvalue weighted by Gasteiger charge is -2.30. The second-order valence-electron chi connectivity index (χ2n) is 4.49. The average molecular weight is 265 g/mol. The molecule has 0 fully saturated rings. The number of nitrogens with one attached hydrogen (secondary N) is 1. The largest absolute Gasteiger partial charge is 0.493 e. The van der Waals surface area contributed by atoms with Crippen molar-refractivity contribution in [2.75, 3.05) is 6.61 Å². The van der Waals surface area contributed by atoms with E-state index >= 15 is 0 Å². The highest BCUT2D eigenvalue weighted by Crippen LogP contribution is 2.28. The number of aliphatic hydroxyl groups is 1. The molecule has 1 heterocycles. The SMILES string of the molecule is CCOC1=C(N[C@H](CC)c2ccc(C)o2)C(=O)C1O. The van der Waals surface area contributed by atoms with Gasteiger partial charge in [0.1, 0.15) is 17.2 Å². The molecule has 0 aliphatic heterocycles. The molecule has 1 aromatic heterocycles. The maximum atomic E-state index is 11.7. The summed E-state index contributed by atoms with van der Waals surface area (Å²) in [6.45, 7) is 6.10. The highest BCUT2D eigenvalue weighted by molar-refractivity contribution is 6.07. The van der Waals surface area contributed by atoms with Crippen LogP contribution >= 0.6 is 0 Å². The summed E-state index contributed by atoms with van der Waals surface area (Å²) >= 11 is 0. The van der Waals surface area contributed by atoms with E-state index in [1.54, 1.807) is 0 Å². The average Bonchev–Trinajstić information content (AvgIpc) is 2.84. The standard InChI is InChI=1S/C14H19NO4/c1-4-9(10-7-6-8(3)19-10)15-11-12(16)13(17)14(11)18-5-2/h6-7,9,13,15,17H,4-5H2,1-3H3/t9-,13?/m1/s1. The lowest BCUT2D eigenvalue weighted by atomic mass is 9.96. The number of ether oxygens (including phenoxy) is 1. The molecule has 0 saturated heterocycles. The Bertz CT molecular complexity index is 503. The lowest BCUT2D eigenvalue weighted by Crippen LogP contribution is -2.44. The molecule has 5 heteroatoms. The predicted octanol–water partition coefficient (Wildman–Crippen LogP) is 1.82. The molecule has 0 amide bonds. The van der Waals surface area contributed by atoms with E-state index in [1.165, 1.54) is 0 Å². The number of carbonyl (C=O) groups excluding carboxylic acids is 1. The minimum absolute atomic E-state index is 0.101. The van der Waals surface area contributed by atoms with E-state index in [-0.39, 0.29) is 11.8 Å². The van der Waals surface area contributed by atoms with E-state index < -0.39 is 6.10 Å². The van der Waals surface area contributed by atoms with Gasteiger partial charge in [-0.15, -0.1) is 0 Å². The lowest BCUT2D eigenvalue weighted by molar-refractivity contribution is -0.128. The molecule has 0 saturated carbocycles. The fourth-order valence-electron chi connectivity index (χ4n) is 2.07. The first-order chi connectivity index (χ1) is 9.08. The minimum atomic E-state index is -1.13. The van der Waals surface area contributed by atoms with E-state index in [1.807, 2.05) is 32.9 Å². The molecule has 2 rings (SSSR count). The second-order valence-corrected chi connectivity index (χ2v) is 4.49. The van der Waals surface area contributed by atoms with E-state index in [0.29, 0.717) is 18.1 Å². The summed E-state index contributed by atoms with van der Waals surface area (Å²) in [5.74, 6) is 1.60. The maximum absolute atomic E-state index is 11.7. The van der Waals surface area contributed by atoms with Crippen LogP contribution < -0.4 is 5.32 Å².